The van der Waals surface area contributed by atoms with Gasteiger partial charge in [0, 0.05) is 19.1 Å². The van der Waals surface area contributed by atoms with E-state index in [2.05, 4.69) is 9.64 Å². The van der Waals surface area contributed by atoms with Crippen molar-refractivity contribution in [2.45, 2.75) is 45.3 Å². The van der Waals surface area contributed by atoms with Crippen LogP contribution in [0.4, 0.5) is 17.6 Å². The molecule has 158 valence electrons. The Hall–Kier alpha value is -2.32. The molecule has 0 unspecified atom stereocenters. The minimum atomic E-state index is -4.83. The van der Waals surface area contributed by atoms with Gasteiger partial charge >= 0.3 is 6.36 Å². The van der Waals surface area contributed by atoms with Crippen LogP contribution in [-0.4, -0.2) is 35.6 Å². The number of benzene rings is 2. The van der Waals surface area contributed by atoms with Crippen LogP contribution in [0.5, 0.6) is 11.5 Å². The van der Waals surface area contributed by atoms with Gasteiger partial charge in [-0.3, -0.25) is 4.90 Å². The third-order valence-corrected chi connectivity index (χ3v) is 4.97. The highest BCUT2D eigenvalue weighted by molar-refractivity contribution is 5.43. The number of aliphatic hydroxyl groups excluding tert-OH is 1. The van der Waals surface area contributed by atoms with Gasteiger partial charge in [-0.2, -0.15) is 0 Å². The van der Waals surface area contributed by atoms with Crippen LogP contribution >= 0.6 is 0 Å². The highest BCUT2D eigenvalue weighted by Gasteiger charge is 2.32. The van der Waals surface area contributed by atoms with E-state index in [0.29, 0.717) is 18.5 Å². The number of aryl methyl sites for hydroxylation is 1. The van der Waals surface area contributed by atoms with Gasteiger partial charge < -0.3 is 14.6 Å². The Balaban J connectivity index is 1.63. The average molecular weight is 413 g/mol. The summed E-state index contributed by atoms with van der Waals surface area (Å²) in [6, 6.07) is 9.40. The Morgan fingerprint density at radius 1 is 1.07 bits per heavy atom. The van der Waals surface area contributed by atoms with Crippen LogP contribution < -0.4 is 9.47 Å². The minimum Gasteiger partial charge on any atom is -0.487 e. The molecule has 8 heteroatoms. The number of aliphatic hydroxyl groups is 1. The van der Waals surface area contributed by atoms with E-state index in [1.807, 2.05) is 6.92 Å². The van der Waals surface area contributed by atoms with E-state index in [1.54, 1.807) is 18.2 Å². The van der Waals surface area contributed by atoms with Gasteiger partial charge in [-0.15, -0.1) is 13.2 Å². The van der Waals surface area contributed by atoms with Gasteiger partial charge in [0.1, 0.15) is 12.4 Å². The summed E-state index contributed by atoms with van der Waals surface area (Å²) in [4.78, 5) is 2.22. The molecular weight excluding hydrogens is 390 g/mol. The van der Waals surface area contributed by atoms with E-state index in [-0.39, 0.29) is 30.8 Å². The molecule has 1 atom stereocenters. The first kappa shape index (κ1) is 21.4. The number of nitrogens with zero attached hydrogens (tertiary/aromatic N) is 1. The van der Waals surface area contributed by atoms with Crippen molar-refractivity contribution in [1.82, 2.24) is 4.90 Å². The van der Waals surface area contributed by atoms with Gasteiger partial charge in [0.05, 0.1) is 6.61 Å². The first-order chi connectivity index (χ1) is 13.7. The highest BCUT2D eigenvalue weighted by Crippen LogP contribution is 2.34. The molecule has 0 spiro atoms. The summed E-state index contributed by atoms with van der Waals surface area (Å²) in [7, 11) is 0. The fraction of sp³-hybridized carbons (Fsp3) is 0.429. The van der Waals surface area contributed by atoms with Crippen LogP contribution in [-0.2, 0) is 19.5 Å². The molecule has 4 nitrogen and oxygen atoms in total. The van der Waals surface area contributed by atoms with Crippen LogP contribution in [0.25, 0.3) is 0 Å². The zero-order valence-corrected chi connectivity index (χ0v) is 16.0. The van der Waals surface area contributed by atoms with Gasteiger partial charge in [0.15, 0.2) is 11.5 Å². The normalized spacial score (nSPS) is 15.2. The summed E-state index contributed by atoms with van der Waals surface area (Å²) >= 11 is 0. The van der Waals surface area contributed by atoms with Crippen LogP contribution in [0.2, 0.25) is 0 Å². The SMILES string of the molecule is C[C@H](CCc1ccc(OCCO)c(OC(F)(F)F)c1)N1Cc2ccc(F)cc2C1. The van der Waals surface area contributed by atoms with Crippen molar-refractivity contribution in [1.29, 1.82) is 0 Å². The van der Waals surface area contributed by atoms with Crippen molar-refractivity contribution in [3.8, 4) is 11.5 Å². The molecule has 1 aliphatic rings. The molecule has 1 aliphatic heterocycles. The van der Waals surface area contributed by atoms with Crippen molar-refractivity contribution in [2.24, 2.45) is 0 Å². The minimum absolute atomic E-state index is 0.0646. The van der Waals surface area contributed by atoms with E-state index < -0.39 is 12.1 Å². The predicted molar refractivity (Wildman–Crippen MR) is 99.1 cm³/mol. The third kappa shape index (κ3) is 5.83. The lowest BCUT2D eigenvalue weighted by molar-refractivity contribution is -0.275. The molecule has 3 rings (SSSR count). The molecule has 0 saturated carbocycles. The standard InChI is InChI=1S/C21H23F4NO3/c1-14(26-12-16-5-6-18(22)11-17(16)13-26)2-3-15-4-7-19(28-9-8-27)20(10-15)29-21(23,24)25/h4-7,10-11,14,27H,2-3,8-9,12-13H2,1H3/t14-/m1/s1. The van der Waals surface area contributed by atoms with Gasteiger partial charge in [-0.05, 0) is 60.7 Å². The highest BCUT2D eigenvalue weighted by atomic mass is 19.4. The van der Waals surface area contributed by atoms with Crippen LogP contribution in [0.1, 0.15) is 30.0 Å². The molecule has 2 aromatic carbocycles. The number of alkyl halides is 3. The molecule has 0 radical (unpaired) electrons. The van der Waals surface area contributed by atoms with Crippen molar-refractivity contribution < 1.29 is 32.1 Å². The number of fused-ring (bicyclic) bond motifs is 1. The summed E-state index contributed by atoms with van der Waals surface area (Å²) in [5.74, 6) is -0.732. The number of ether oxygens (including phenoxy) is 2. The Morgan fingerprint density at radius 3 is 2.55 bits per heavy atom. The number of hydrogen-bond donors (Lipinski definition) is 1. The Bertz CT molecular complexity index is 841. The monoisotopic (exact) mass is 413 g/mol. The second-order valence-electron chi connectivity index (χ2n) is 7.11. The van der Waals surface area contributed by atoms with Gasteiger partial charge in [-0.25, -0.2) is 4.39 Å². The second kappa shape index (κ2) is 9.00. The largest absolute Gasteiger partial charge is 0.573 e. The summed E-state index contributed by atoms with van der Waals surface area (Å²) in [6.07, 6.45) is -3.56. The zero-order valence-electron chi connectivity index (χ0n) is 16.0. The van der Waals surface area contributed by atoms with E-state index in [4.69, 9.17) is 9.84 Å². The maximum atomic E-state index is 13.4. The molecule has 0 aromatic heterocycles. The Kier molecular flexibility index (Phi) is 6.64. The van der Waals surface area contributed by atoms with E-state index in [0.717, 1.165) is 24.1 Å². The summed E-state index contributed by atoms with van der Waals surface area (Å²) in [6.45, 7) is 3.00. The fourth-order valence-electron chi connectivity index (χ4n) is 3.45. The summed E-state index contributed by atoms with van der Waals surface area (Å²) in [5, 5.41) is 8.82. The molecule has 0 saturated heterocycles. The zero-order chi connectivity index (χ0) is 21.0. The molecule has 0 fully saturated rings. The van der Waals surface area contributed by atoms with Gasteiger partial charge in [0.25, 0.3) is 0 Å². The summed E-state index contributed by atoms with van der Waals surface area (Å²) in [5.41, 5.74) is 2.77. The van der Waals surface area contributed by atoms with Crippen LogP contribution in [0.15, 0.2) is 36.4 Å². The first-order valence-electron chi connectivity index (χ1n) is 9.39. The maximum absolute atomic E-state index is 13.4. The molecule has 0 bridgehead atoms. The topological polar surface area (TPSA) is 41.9 Å². The van der Waals surface area contributed by atoms with E-state index in [1.165, 1.54) is 18.2 Å². The predicted octanol–water partition coefficient (Wildman–Crippen LogP) is 4.43. The molecular formula is C21H23F4NO3. The molecule has 2 aromatic rings. The van der Waals surface area contributed by atoms with Gasteiger partial charge in [0.2, 0.25) is 0 Å². The Morgan fingerprint density at radius 2 is 1.83 bits per heavy atom. The maximum Gasteiger partial charge on any atom is 0.573 e. The molecule has 0 aliphatic carbocycles. The van der Waals surface area contributed by atoms with Crippen molar-refractivity contribution in [3.63, 3.8) is 0 Å². The van der Waals surface area contributed by atoms with Crippen LogP contribution in [0.3, 0.4) is 0 Å². The lowest BCUT2D eigenvalue weighted by Crippen LogP contribution is -2.28. The number of hydrogen-bond acceptors (Lipinski definition) is 4. The third-order valence-electron chi connectivity index (χ3n) is 4.97. The smallest absolute Gasteiger partial charge is 0.487 e. The van der Waals surface area contributed by atoms with Gasteiger partial charge in [-0.1, -0.05) is 12.1 Å². The Labute approximate surface area is 166 Å². The molecule has 0 amide bonds. The molecule has 1 heterocycles. The average Bonchev–Trinajstić information content (AvgIpc) is 3.07. The fourth-order valence-corrected chi connectivity index (χ4v) is 3.45. The van der Waals surface area contributed by atoms with Crippen molar-refractivity contribution in [3.05, 3.63) is 58.9 Å². The van der Waals surface area contributed by atoms with E-state index in [9.17, 15) is 17.6 Å². The lowest BCUT2D eigenvalue weighted by atomic mass is 10.0. The number of halogens is 4. The molecule has 29 heavy (non-hydrogen) atoms. The summed E-state index contributed by atoms with van der Waals surface area (Å²) < 4.78 is 60.7. The quantitative estimate of drug-likeness (QED) is 0.650. The van der Waals surface area contributed by atoms with Crippen molar-refractivity contribution in [2.75, 3.05) is 13.2 Å². The van der Waals surface area contributed by atoms with Crippen LogP contribution in [0, 0.1) is 5.82 Å². The van der Waals surface area contributed by atoms with Crippen molar-refractivity contribution >= 4 is 0 Å². The van der Waals surface area contributed by atoms with E-state index >= 15 is 0 Å². The lowest BCUT2D eigenvalue weighted by Gasteiger charge is -2.24. The number of rotatable bonds is 8. The second-order valence-corrected chi connectivity index (χ2v) is 7.11. The molecule has 1 N–H and O–H groups in total. The first-order valence-corrected chi connectivity index (χ1v) is 9.39.